The molecule has 0 heterocycles. The van der Waals surface area contributed by atoms with Gasteiger partial charge in [0.1, 0.15) is 0 Å². The van der Waals surface area contributed by atoms with Crippen molar-refractivity contribution in [2.24, 2.45) is 0 Å². The molecular weight excluding hydrogens is 203 g/mol. The van der Waals surface area contributed by atoms with Gasteiger partial charge in [0, 0.05) is 0 Å². The Morgan fingerprint density at radius 2 is 1.53 bits per heavy atom. The SMILES string of the molecule is CCCCCCCCCCP(C)NC#N. The lowest BCUT2D eigenvalue weighted by molar-refractivity contribution is 0.586. The summed E-state index contributed by atoms with van der Waals surface area (Å²) in [5.74, 6) is 0. The molecule has 0 saturated carbocycles. The number of hydrogen-bond donors (Lipinski definition) is 1. The van der Waals surface area contributed by atoms with E-state index >= 15 is 0 Å². The first-order valence-corrected chi connectivity index (χ1v) is 8.14. The van der Waals surface area contributed by atoms with Crippen LogP contribution in [0.1, 0.15) is 58.3 Å². The monoisotopic (exact) mass is 228 g/mol. The Labute approximate surface area is 96.3 Å². The van der Waals surface area contributed by atoms with Crippen LogP contribution >= 0.6 is 8.07 Å². The summed E-state index contributed by atoms with van der Waals surface area (Å²) in [6, 6.07) is 0. The summed E-state index contributed by atoms with van der Waals surface area (Å²) in [5.41, 5.74) is 0. The Balaban J connectivity index is 3.02. The number of nitrogens with one attached hydrogen (secondary N) is 1. The highest BCUT2D eigenvalue weighted by molar-refractivity contribution is 7.54. The van der Waals surface area contributed by atoms with Crippen LogP contribution in [-0.2, 0) is 0 Å². The van der Waals surface area contributed by atoms with E-state index in [9.17, 15) is 0 Å². The van der Waals surface area contributed by atoms with Gasteiger partial charge in [0.25, 0.3) is 0 Å². The van der Waals surface area contributed by atoms with Gasteiger partial charge in [-0.05, 0) is 27.3 Å². The summed E-state index contributed by atoms with van der Waals surface area (Å²) < 4.78 is 0. The molecule has 0 bridgehead atoms. The van der Waals surface area contributed by atoms with Gasteiger partial charge in [0.15, 0.2) is 6.19 Å². The van der Waals surface area contributed by atoms with Gasteiger partial charge in [-0.15, -0.1) is 0 Å². The zero-order chi connectivity index (χ0) is 11.4. The smallest absolute Gasteiger partial charge is 0.180 e. The average Bonchev–Trinajstić information content (AvgIpc) is 2.22. The van der Waals surface area contributed by atoms with E-state index in [0.29, 0.717) is 0 Å². The normalized spacial score (nSPS) is 12.1. The molecule has 0 spiro atoms. The van der Waals surface area contributed by atoms with Crippen LogP contribution in [0.2, 0.25) is 0 Å². The molecule has 1 unspecified atom stereocenters. The zero-order valence-electron chi connectivity index (χ0n) is 10.3. The summed E-state index contributed by atoms with van der Waals surface area (Å²) >= 11 is 0. The first kappa shape index (κ1) is 14.7. The lowest BCUT2D eigenvalue weighted by atomic mass is 10.1. The van der Waals surface area contributed by atoms with E-state index < -0.39 is 0 Å². The van der Waals surface area contributed by atoms with Crippen LogP contribution in [0.3, 0.4) is 0 Å². The van der Waals surface area contributed by atoms with E-state index in [4.69, 9.17) is 5.26 Å². The summed E-state index contributed by atoms with van der Waals surface area (Å²) in [7, 11) is -0.222. The van der Waals surface area contributed by atoms with Crippen molar-refractivity contribution in [2.45, 2.75) is 58.3 Å². The Hall–Kier alpha value is -0.280. The fraction of sp³-hybridized carbons (Fsp3) is 0.917. The maximum absolute atomic E-state index is 8.41. The third-order valence-corrected chi connectivity index (χ3v) is 4.06. The van der Waals surface area contributed by atoms with Crippen molar-refractivity contribution in [2.75, 3.05) is 12.8 Å². The molecule has 0 radical (unpaired) electrons. The first-order valence-electron chi connectivity index (χ1n) is 6.17. The van der Waals surface area contributed by atoms with Crippen molar-refractivity contribution in [1.82, 2.24) is 5.09 Å². The molecule has 0 aromatic carbocycles. The molecule has 0 rings (SSSR count). The number of hydrogen-bond acceptors (Lipinski definition) is 2. The maximum atomic E-state index is 8.41. The van der Waals surface area contributed by atoms with Gasteiger partial charge in [0.05, 0.1) is 0 Å². The predicted molar refractivity (Wildman–Crippen MR) is 69.1 cm³/mol. The molecule has 15 heavy (non-hydrogen) atoms. The van der Waals surface area contributed by atoms with Gasteiger partial charge < -0.3 is 5.09 Å². The van der Waals surface area contributed by atoms with Crippen molar-refractivity contribution < 1.29 is 0 Å². The van der Waals surface area contributed by atoms with Gasteiger partial charge in [-0.3, -0.25) is 0 Å². The van der Waals surface area contributed by atoms with Crippen LogP contribution in [0.15, 0.2) is 0 Å². The topological polar surface area (TPSA) is 35.8 Å². The van der Waals surface area contributed by atoms with Crippen molar-refractivity contribution >= 4 is 8.07 Å². The maximum Gasteiger partial charge on any atom is 0.180 e. The Morgan fingerprint density at radius 1 is 1.00 bits per heavy atom. The number of nitrogens with zero attached hydrogens (tertiary/aromatic N) is 1. The second-order valence-corrected chi connectivity index (χ2v) is 6.19. The zero-order valence-corrected chi connectivity index (χ0v) is 11.2. The summed E-state index contributed by atoms with van der Waals surface area (Å²) in [6.07, 6.45) is 14.2. The second kappa shape index (κ2) is 11.8. The minimum absolute atomic E-state index is 0.222. The molecule has 0 saturated heterocycles. The minimum atomic E-state index is -0.222. The summed E-state index contributed by atoms with van der Waals surface area (Å²) in [5, 5.41) is 11.2. The highest BCUT2D eigenvalue weighted by atomic mass is 31.1. The molecule has 0 aromatic rings. The molecule has 0 aliphatic rings. The van der Waals surface area contributed by atoms with Crippen molar-refractivity contribution in [3.63, 3.8) is 0 Å². The van der Waals surface area contributed by atoms with Crippen LogP contribution < -0.4 is 5.09 Å². The van der Waals surface area contributed by atoms with Crippen LogP contribution in [-0.4, -0.2) is 12.8 Å². The molecule has 1 atom stereocenters. The largest absolute Gasteiger partial charge is 0.303 e. The quantitative estimate of drug-likeness (QED) is 0.263. The fourth-order valence-corrected chi connectivity index (χ4v) is 2.60. The number of unbranched alkanes of at least 4 members (excludes halogenated alkanes) is 7. The molecule has 0 fully saturated rings. The van der Waals surface area contributed by atoms with E-state index in [1.165, 1.54) is 57.5 Å². The molecule has 0 aliphatic heterocycles. The standard InChI is InChI=1S/C12H25N2P/c1-3-4-5-6-7-8-9-10-11-15(2)14-12-13/h14H,3-11H2,1-2H3. The molecule has 2 nitrogen and oxygen atoms in total. The Bertz CT molecular complexity index is 165. The van der Waals surface area contributed by atoms with Crippen LogP contribution in [0.25, 0.3) is 0 Å². The van der Waals surface area contributed by atoms with Gasteiger partial charge in [0.2, 0.25) is 0 Å². The lowest BCUT2D eigenvalue weighted by Gasteiger charge is -2.08. The van der Waals surface area contributed by atoms with E-state index in [2.05, 4.69) is 18.7 Å². The van der Waals surface area contributed by atoms with Crippen LogP contribution in [0, 0.1) is 11.5 Å². The van der Waals surface area contributed by atoms with Gasteiger partial charge in [-0.2, -0.15) is 5.26 Å². The number of rotatable bonds is 10. The van der Waals surface area contributed by atoms with Gasteiger partial charge in [-0.1, -0.05) is 51.9 Å². The van der Waals surface area contributed by atoms with Crippen molar-refractivity contribution in [3.05, 3.63) is 0 Å². The third kappa shape index (κ3) is 11.6. The van der Waals surface area contributed by atoms with E-state index in [1.807, 2.05) is 6.19 Å². The van der Waals surface area contributed by atoms with E-state index in [0.717, 1.165) is 0 Å². The molecule has 1 N–H and O–H groups in total. The predicted octanol–water partition coefficient (Wildman–Crippen LogP) is 4.22. The molecular formula is C12H25N2P. The molecule has 0 aromatic heterocycles. The highest BCUT2D eigenvalue weighted by Crippen LogP contribution is 2.25. The van der Waals surface area contributed by atoms with E-state index in [-0.39, 0.29) is 8.07 Å². The molecule has 0 aliphatic carbocycles. The first-order chi connectivity index (χ1) is 7.31. The third-order valence-electron chi connectivity index (χ3n) is 2.59. The number of nitriles is 1. The Kier molecular flexibility index (Phi) is 11.6. The van der Waals surface area contributed by atoms with Gasteiger partial charge in [-0.25, -0.2) is 0 Å². The Morgan fingerprint density at radius 3 is 2.07 bits per heavy atom. The molecule has 0 amide bonds. The average molecular weight is 228 g/mol. The van der Waals surface area contributed by atoms with Crippen molar-refractivity contribution in [1.29, 1.82) is 5.26 Å². The van der Waals surface area contributed by atoms with Crippen molar-refractivity contribution in [3.8, 4) is 6.19 Å². The summed E-state index contributed by atoms with van der Waals surface area (Å²) in [4.78, 5) is 0. The van der Waals surface area contributed by atoms with Gasteiger partial charge >= 0.3 is 0 Å². The van der Waals surface area contributed by atoms with E-state index in [1.54, 1.807) is 0 Å². The van der Waals surface area contributed by atoms with Crippen LogP contribution in [0.5, 0.6) is 0 Å². The highest BCUT2D eigenvalue weighted by Gasteiger charge is 1.98. The second-order valence-electron chi connectivity index (χ2n) is 4.12. The fourth-order valence-electron chi connectivity index (χ4n) is 1.62. The summed E-state index contributed by atoms with van der Waals surface area (Å²) in [6.45, 7) is 4.39. The minimum Gasteiger partial charge on any atom is -0.303 e. The lowest BCUT2D eigenvalue weighted by Crippen LogP contribution is -1.99. The van der Waals surface area contributed by atoms with Crippen LogP contribution in [0.4, 0.5) is 0 Å². The molecule has 88 valence electrons. The molecule has 3 heteroatoms.